The Balaban J connectivity index is 1.76. The summed E-state index contributed by atoms with van der Waals surface area (Å²) in [5.74, 6) is -0.452. The van der Waals surface area contributed by atoms with Gasteiger partial charge in [0, 0.05) is 17.7 Å². The van der Waals surface area contributed by atoms with Crippen LogP contribution in [0, 0.1) is 0 Å². The lowest BCUT2D eigenvalue weighted by atomic mass is 9.90. The van der Waals surface area contributed by atoms with E-state index in [1.165, 1.54) is 0 Å². The molecule has 2 atom stereocenters. The molecule has 25 heavy (non-hydrogen) atoms. The molecule has 1 heterocycles. The van der Waals surface area contributed by atoms with Gasteiger partial charge in [-0.1, -0.05) is 24.3 Å². The molecule has 0 radical (unpaired) electrons. The molecule has 1 saturated heterocycles. The van der Waals surface area contributed by atoms with Gasteiger partial charge in [-0.15, -0.1) is 0 Å². The molecule has 1 unspecified atom stereocenters. The molecule has 0 aromatic heterocycles. The number of para-hydroxylation sites is 1. The van der Waals surface area contributed by atoms with Crippen LogP contribution >= 0.6 is 0 Å². The normalized spacial score (nSPS) is 20.7. The van der Waals surface area contributed by atoms with Crippen LogP contribution in [0.25, 0.3) is 0 Å². The van der Waals surface area contributed by atoms with Gasteiger partial charge in [-0.25, -0.2) is 0 Å². The Labute approximate surface area is 146 Å². The topological polar surface area (TPSA) is 114 Å². The summed E-state index contributed by atoms with van der Waals surface area (Å²) in [6.07, 6.45) is 3.14. The fraction of sp³-hybridized carbons (Fsp3) is 0.263. The highest BCUT2D eigenvalue weighted by Crippen LogP contribution is 2.28. The van der Waals surface area contributed by atoms with Crippen LogP contribution in [0.1, 0.15) is 40.2 Å². The van der Waals surface area contributed by atoms with Crippen molar-refractivity contribution < 1.29 is 9.90 Å². The number of nitrogens with zero attached hydrogens (tertiary/aromatic N) is 1. The Kier molecular flexibility index (Phi) is 5.11. The second-order valence-electron chi connectivity index (χ2n) is 6.17. The van der Waals surface area contributed by atoms with E-state index in [9.17, 15) is 9.90 Å². The Morgan fingerprint density at radius 1 is 1.24 bits per heavy atom. The van der Waals surface area contributed by atoms with E-state index in [1.807, 2.05) is 24.3 Å². The summed E-state index contributed by atoms with van der Waals surface area (Å²) in [6, 6.07) is 12.9. The van der Waals surface area contributed by atoms with Gasteiger partial charge in [0.15, 0.2) is 0 Å². The number of nitrogen functional groups attached to an aromatic ring is 1. The first kappa shape index (κ1) is 17.1. The third-order valence-electron chi connectivity index (χ3n) is 4.51. The van der Waals surface area contributed by atoms with Crippen LogP contribution in [0.3, 0.4) is 0 Å². The molecular formula is C19H22N4O2. The molecule has 2 aromatic rings. The van der Waals surface area contributed by atoms with Gasteiger partial charge in [0.1, 0.15) is 6.23 Å². The maximum absolute atomic E-state index is 11.3. The SMILES string of the molecule is NC(=O)c1cccc(C=Nc2ccc([C@@H]3CCCNC3O)cc2)c1N. The summed E-state index contributed by atoms with van der Waals surface area (Å²) in [5, 5.41) is 13.1. The average Bonchev–Trinajstić information content (AvgIpc) is 2.61. The van der Waals surface area contributed by atoms with E-state index in [4.69, 9.17) is 11.5 Å². The van der Waals surface area contributed by atoms with Gasteiger partial charge in [0.25, 0.3) is 5.91 Å². The van der Waals surface area contributed by atoms with Crippen LogP contribution in [0.4, 0.5) is 11.4 Å². The van der Waals surface area contributed by atoms with Crippen molar-refractivity contribution >= 4 is 23.5 Å². The van der Waals surface area contributed by atoms with Gasteiger partial charge in [-0.3, -0.25) is 15.1 Å². The number of benzene rings is 2. The summed E-state index contributed by atoms with van der Waals surface area (Å²) in [4.78, 5) is 15.7. The lowest BCUT2D eigenvalue weighted by Gasteiger charge is -2.29. The van der Waals surface area contributed by atoms with E-state index >= 15 is 0 Å². The third-order valence-corrected chi connectivity index (χ3v) is 4.51. The molecule has 2 aromatic carbocycles. The van der Waals surface area contributed by atoms with Crippen molar-refractivity contribution in [1.82, 2.24) is 5.32 Å². The zero-order valence-electron chi connectivity index (χ0n) is 13.9. The van der Waals surface area contributed by atoms with E-state index < -0.39 is 12.1 Å². The second-order valence-corrected chi connectivity index (χ2v) is 6.17. The van der Waals surface area contributed by atoms with Crippen LogP contribution < -0.4 is 16.8 Å². The fourth-order valence-corrected chi connectivity index (χ4v) is 3.08. The molecule has 6 N–H and O–H groups in total. The van der Waals surface area contributed by atoms with Crippen molar-refractivity contribution in [3.63, 3.8) is 0 Å². The second kappa shape index (κ2) is 7.46. The first-order valence-electron chi connectivity index (χ1n) is 8.30. The van der Waals surface area contributed by atoms with Crippen LogP contribution in [0.15, 0.2) is 47.5 Å². The Hall–Kier alpha value is -2.70. The number of aliphatic hydroxyl groups excluding tert-OH is 1. The third kappa shape index (κ3) is 3.87. The molecule has 0 saturated carbocycles. The summed E-state index contributed by atoms with van der Waals surface area (Å²) in [6.45, 7) is 0.853. The number of nitrogens with one attached hydrogen (secondary N) is 1. The quantitative estimate of drug-likeness (QED) is 0.503. The number of aliphatic imine (C=N–C) groups is 1. The minimum Gasteiger partial charge on any atom is -0.398 e. The maximum atomic E-state index is 11.3. The Morgan fingerprint density at radius 2 is 2.00 bits per heavy atom. The fourth-order valence-electron chi connectivity index (χ4n) is 3.08. The van der Waals surface area contributed by atoms with E-state index in [0.29, 0.717) is 11.3 Å². The highest BCUT2D eigenvalue weighted by molar-refractivity contribution is 6.02. The largest absolute Gasteiger partial charge is 0.398 e. The average molecular weight is 338 g/mol. The Bertz CT molecular complexity index is 787. The monoisotopic (exact) mass is 338 g/mol. The number of hydrogen-bond acceptors (Lipinski definition) is 5. The predicted octanol–water partition coefficient (Wildman–Crippen LogP) is 1.90. The highest BCUT2D eigenvalue weighted by Gasteiger charge is 2.23. The lowest BCUT2D eigenvalue weighted by molar-refractivity contribution is 0.0845. The minimum absolute atomic E-state index is 0.106. The molecule has 0 spiro atoms. The minimum atomic E-state index is -0.559. The number of carbonyl (C=O) groups is 1. The number of carbonyl (C=O) groups excluding carboxylic acids is 1. The number of hydrogen-bond donors (Lipinski definition) is 4. The first-order valence-corrected chi connectivity index (χ1v) is 8.30. The zero-order valence-corrected chi connectivity index (χ0v) is 13.9. The smallest absolute Gasteiger partial charge is 0.250 e. The van der Waals surface area contributed by atoms with Gasteiger partial charge in [0.2, 0.25) is 0 Å². The van der Waals surface area contributed by atoms with Crippen LogP contribution in [0.2, 0.25) is 0 Å². The number of rotatable bonds is 4. The maximum Gasteiger partial charge on any atom is 0.250 e. The van der Waals surface area contributed by atoms with Crippen molar-refractivity contribution in [1.29, 1.82) is 0 Å². The van der Waals surface area contributed by atoms with Crippen LogP contribution in [-0.2, 0) is 0 Å². The molecule has 6 nitrogen and oxygen atoms in total. The van der Waals surface area contributed by atoms with Gasteiger partial charge in [-0.05, 0) is 43.1 Å². The predicted molar refractivity (Wildman–Crippen MR) is 99.1 cm³/mol. The Morgan fingerprint density at radius 3 is 2.68 bits per heavy atom. The molecule has 1 fully saturated rings. The van der Waals surface area contributed by atoms with Crippen molar-refractivity contribution in [3.8, 4) is 0 Å². The molecule has 3 rings (SSSR count). The number of amides is 1. The van der Waals surface area contributed by atoms with Gasteiger partial charge >= 0.3 is 0 Å². The molecule has 1 amide bonds. The van der Waals surface area contributed by atoms with Crippen molar-refractivity contribution in [3.05, 3.63) is 59.2 Å². The van der Waals surface area contributed by atoms with E-state index in [2.05, 4.69) is 10.3 Å². The number of aliphatic hydroxyl groups is 1. The highest BCUT2D eigenvalue weighted by atomic mass is 16.3. The number of primary amides is 1. The molecule has 1 aliphatic heterocycles. The molecular weight excluding hydrogens is 316 g/mol. The van der Waals surface area contributed by atoms with Crippen molar-refractivity contribution in [2.45, 2.75) is 25.0 Å². The lowest BCUT2D eigenvalue weighted by Crippen LogP contribution is -2.39. The summed E-state index contributed by atoms with van der Waals surface area (Å²) < 4.78 is 0. The number of anilines is 1. The van der Waals surface area contributed by atoms with Gasteiger partial charge in [-0.2, -0.15) is 0 Å². The standard InChI is InChI=1S/C19H22N4O2/c20-17-13(3-1-4-16(17)18(21)24)11-23-14-8-6-12(7-9-14)15-5-2-10-22-19(15)25/h1,3-4,6-9,11,15,19,22,25H,2,5,10,20H2,(H2,21,24)/t15-,19?/m0/s1. The molecule has 130 valence electrons. The van der Waals surface area contributed by atoms with Gasteiger partial charge in [0.05, 0.1) is 16.9 Å². The van der Waals surface area contributed by atoms with Crippen LogP contribution in [0.5, 0.6) is 0 Å². The molecule has 1 aliphatic rings. The summed E-state index contributed by atoms with van der Waals surface area (Å²) in [7, 11) is 0. The molecule has 6 heteroatoms. The van der Waals surface area contributed by atoms with E-state index in [0.717, 1.165) is 30.6 Å². The first-order chi connectivity index (χ1) is 12.1. The molecule has 0 bridgehead atoms. The van der Waals surface area contributed by atoms with Crippen LogP contribution in [-0.4, -0.2) is 30.0 Å². The van der Waals surface area contributed by atoms with Crippen molar-refractivity contribution in [2.75, 3.05) is 12.3 Å². The molecule has 0 aliphatic carbocycles. The van der Waals surface area contributed by atoms with Gasteiger partial charge < -0.3 is 16.6 Å². The van der Waals surface area contributed by atoms with E-state index in [-0.39, 0.29) is 11.5 Å². The van der Waals surface area contributed by atoms with Crippen molar-refractivity contribution in [2.24, 2.45) is 10.7 Å². The number of piperidine rings is 1. The van der Waals surface area contributed by atoms with E-state index in [1.54, 1.807) is 24.4 Å². The number of nitrogens with two attached hydrogens (primary N) is 2. The summed E-state index contributed by atoms with van der Waals surface area (Å²) in [5.41, 5.74) is 14.4. The zero-order chi connectivity index (χ0) is 17.8. The summed E-state index contributed by atoms with van der Waals surface area (Å²) >= 11 is 0.